The van der Waals surface area contributed by atoms with Gasteiger partial charge in [-0.1, -0.05) is 6.07 Å². The number of aromatic nitrogens is 2. The van der Waals surface area contributed by atoms with E-state index in [1.807, 2.05) is 26.1 Å². The first-order valence-electron chi connectivity index (χ1n) is 7.55. The number of nitrogens with zero attached hydrogens (tertiary/aromatic N) is 5. The number of aryl methyl sites for hydroxylation is 1. The molecule has 1 saturated heterocycles. The average molecular weight is 311 g/mol. The molecule has 0 aliphatic carbocycles. The highest BCUT2D eigenvalue weighted by molar-refractivity contribution is 5.61. The zero-order valence-corrected chi connectivity index (χ0v) is 13.2. The van der Waals surface area contributed by atoms with Gasteiger partial charge in [0, 0.05) is 37.9 Å². The molecule has 0 bridgehead atoms. The summed E-state index contributed by atoms with van der Waals surface area (Å²) >= 11 is 0. The number of hydrogen-bond donors (Lipinski definition) is 0. The predicted molar refractivity (Wildman–Crippen MR) is 86.9 cm³/mol. The summed E-state index contributed by atoms with van der Waals surface area (Å²) in [4.78, 5) is 12.6. The Morgan fingerprint density at radius 1 is 1.39 bits per heavy atom. The van der Waals surface area contributed by atoms with E-state index in [-0.39, 0.29) is 11.6 Å². The lowest BCUT2D eigenvalue weighted by Gasteiger charge is -2.26. The van der Waals surface area contributed by atoms with E-state index in [4.69, 9.17) is 0 Å². The number of rotatable bonds is 3. The molecule has 1 atom stereocenters. The van der Waals surface area contributed by atoms with Gasteiger partial charge in [-0.25, -0.2) is 14.4 Å². The zero-order valence-electron chi connectivity index (χ0n) is 13.2. The fourth-order valence-electron chi connectivity index (χ4n) is 2.98. The van der Waals surface area contributed by atoms with Crippen LogP contribution in [0.4, 0.5) is 15.9 Å². The van der Waals surface area contributed by atoms with E-state index in [2.05, 4.69) is 19.8 Å². The second kappa shape index (κ2) is 6.21. The minimum absolute atomic E-state index is 0.119. The Labute approximate surface area is 135 Å². The van der Waals surface area contributed by atoms with Crippen LogP contribution in [0.2, 0.25) is 0 Å². The average Bonchev–Trinajstić information content (AvgIpc) is 3.03. The molecule has 2 aromatic rings. The largest absolute Gasteiger partial charge is 0.368 e. The van der Waals surface area contributed by atoms with Crippen molar-refractivity contribution in [1.82, 2.24) is 9.97 Å². The van der Waals surface area contributed by atoms with E-state index < -0.39 is 5.82 Å². The molecule has 0 N–H and O–H groups in total. The summed E-state index contributed by atoms with van der Waals surface area (Å²) in [6.07, 6.45) is 2.50. The SMILES string of the molecule is Cc1cc(N(C)C2CCN(c3cccc(F)c3C#N)C2)ncn1. The Morgan fingerprint density at radius 3 is 2.96 bits per heavy atom. The van der Waals surface area contributed by atoms with Gasteiger partial charge in [0.2, 0.25) is 0 Å². The Balaban J connectivity index is 1.79. The monoisotopic (exact) mass is 311 g/mol. The van der Waals surface area contributed by atoms with E-state index in [9.17, 15) is 9.65 Å². The van der Waals surface area contributed by atoms with Crippen LogP contribution in [0.5, 0.6) is 0 Å². The van der Waals surface area contributed by atoms with Gasteiger partial charge in [-0.3, -0.25) is 0 Å². The Bertz CT molecular complexity index is 755. The Hall–Kier alpha value is -2.68. The molecule has 1 aromatic heterocycles. The fraction of sp³-hybridized carbons (Fsp3) is 0.353. The maximum absolute atomic E-state index is 13.8. The van der Waals surface area contributed by atoms with Crippen molar-refractivity contribution in [2.75, 3.05) is 29.9 Å². The smallest absolute Gasteiger partial charge is 0.143 e. The number of anilines is 2. The van der Waals surface area contributed by atoms with Gasteiger partial charge < -0.3 is 9.80 Å². The van der Waals surface area contributed by atoms with Crippen molar-refractivity contribution in [2.45, 2.75) is 19.4 Å². The molecular weight excluding hydrogens is 293 g/mol. The maximum Gasteiger partial charge on any atom is 0.143 e. The molecule has 0 saturated carbocycles. The molecule has 5 nitrogen and oxygen atoms in total. The van der Waals surface area contributed by atoms with Crippen LogP contribution in [0, 0.1) is 24.1 Å². The number of nitriles is 1. The van der Waals surface area contributed by atoms with Crippen LogP contribution in [-0.2, 0) is 0 Å². The van der Waals surface area contributed by atoms with Crippen LogP contribution in [0.3, 0.4) is 0 Å². The van der Waals surface area contributed by atoms with Gasteiger partial charge in [-0.2, -0.15) is 5.26 Å². The number of benzene rings is 1. The van der Waals surface area contributed by atoms with E-state index in [0.717, 1.165) is 31.0 Å². The molecule has 1 aromatic carbocycles. The second-order valence-corrected chi connectivity index (χ2v) is 5.76. The van der Waals surface area contributed by atoms with Crippen LogP contribution in [0.25, 0.3) is 0 Å². The number of likely N-dealkylation sites (N-methyl/N-ethyl adjacent to an activating group) is 1. The minimum atomic E-state index is -0.465. The van der Waals surface area contributed by atoms with E-state index in [1.54, 1.807) is 18.5 Å². The van der Waals surface area contributed by atoms with Gasteiger partial charge in [0.1, 0.15) is 29.6 Å². The van der Waals surface area contributed by atoms with Crippen LogP contribution < -0.4 is 9.80 Å². The molecule has 1 unspecified atom stereocenters. The summed E-state index contributed by atoms with van der Waals surface area (Å²) in [6.45, 7) is 3.46. The third-order valence-corrected chi connectivity index (χ3v) is 4.31. The number of halogens is 1. The van der Waals surface area contributed by atoms with Crippen LogP contribution in [0.15, 0.2) is 30.6 Å². The van der Waals surface area contributed by atoms with Gasteiger partial charge in [0.25, 0.3) is 0 Å². The molecule has 6 heteroatoms. The van der Waals surface area contributed by atoms with Crippen LogP contribution >= 0.6 is 0 Å². The summed E-state index contributed by atoms with van der Waals surface area (Å²) in [5.74, 6) is 0.414. The topological polar surface area (TPSA) is 56.0 Å². The molecular formula is C17H18FN5. The van der Waals surface area contributed by atoms with Crippen molar-refractivity contribution in [3.05, 3.63) is 47.7 Å². The van der Waals surface area contributed by atoms with Crippen LogP contribution in [0.1, 0.15) is 17.7 Å². The third kappa shape index (κ3) is 2.95. The molecule has 23 heavy (non-hydrogen) atoms. The first-order valence-corrected chi connectivity index (χ1v) is 7.55. The van der Waals surface area contributed by atoms with Crippen molar-refractivity contribution >= 4 is 11.5 Å². The van der Waals surface area contributed by atoms with Crippen molar-refractivity contribution in [3.8, 4) is 6.07 Å². The number of hydrogen-bond acceptors (Lipinski definition) is 5. The first-order chi connectivity index (χ1) is 11.1. The van der Waals surface area contributed by atoms with Gasteiger partial charge in [-0.05, 0) is 25.5 Å². The second-order valence-electron chi connectivity index (χ2n) is 5.76. The molecule has 1 aliphatic heterocycles. The molecule has 2 heterocycles. The fourth-order valence-corrected chi connectivity index (χ4v) is 2.98. The first kappa shape index (κ1) is 15.2. The normalized spacial score (nSPS) is 17.1. The van der Waals surface area contributed by atoms with Crippen LogP contribution in [-0.4, -0.2) is 36.1 Å². The summed E-state index contributed by atoms with van der Waals surface area (Å²) in [7, 11) is 2.01. The summed E-state index contributed by atoms with van der Waals surface area (Å²) in [6, 6.07) is 8.96. The lowest BCUT2D eigenvalue weighted by atomic mass is 10.1. The molecule has 0 spiro atoms. The summed E-state index contributed by atoms with van der Waals surface area (Å²) in [5, 5.41) is 9.20. The summed E-state index contributed by atoms with van der Waals surface area (Å²) in [5.41, 5.74) is 1.71. The molecule has 0 amide bonds. The third-order valence-electron chi connectivity index (χ3n) is 4.31. The lowest BCUT2D eigenvalue weighted by Crippen LogP contribution is -2.35. The Morgan fingerprint density at radius 2 is 2.22 bits per heavy atom. The highest BCUT2D eigenvalue weighted by Gasteiger charge is 2.28. The van der Waals surface area contributed by atoms with Crippen molar-refractivity contribution < 1.29 is 4.39 Å². The molecule has 0 radical (unpaired) electrons. The Kier molecular flexibility index (Phi) is 4.11. The molecule has 3 rings (SSSR count). The minimum Gasteiger partial charge on any atom is -0.368 e. The highest BCUT2D eigenvalue weighted by atomic mass is 19.1. The van der Waals surface area contributed by atoms with E-state index in [0.29, 0.717) is 5.69 Å². The van der Waals surface area contributed by atoms with E-state index >= 15 is 0 Å². The van der Waals surface area contributed by atoms with Crippen molar-refractivity contribution in [1.29, 1.82) is 5.26 Å². The molecule has 1 aliphatic rings. The van der Waals surface area contributed by atoms with Gasteiger partial charge in [0.15, 0.2) is 0 Å². The standard InChI is InChI=1S/C17H18FN5/c1-12-8-17(21-11-20-12)22(2)13-6-7-23(10-13)16-5-3-4-15(18)14(16)9-19/h3-5,8,11,13H,6-7,10H2,1-2H3. The quantitative estimate of drug-likeness (QED) is 0.872. The van der Waals surface area contributed by atoms with Crippen molar-refractivity contribution in [3.63, 3.8) is 0 Å². The van der Waals surface area contributed by atoms with E-state index in [1.165, 1.54) is 6.07 Å². The predicted octanol–water partition coefficient (Wildman–Crippen LogP) is 2.51. The summed E-state index contributed by atoms with van der Waals surface area (Å²) < 4.78 is 13.8. The maximum atomic E-state index is 13.8. The lowest BCUT2D eigenvalue weighted by molar-refractivity contribution is 0.623. The highest BCUT2D eigenvalue weighted by Crippen LogP contribution is 2.28. The molecule has 1 fully saturated rings. The van der Waals surface area contributed by atoms with Gasteiger partial charge in [-0.15, -0.1) is 0 Å². The zero-order chi connectivity index (χ0) is 16.4. The van der Waals surface area contributed by atoms with Crippen molar-refractivity contribution in [2.24, 2.45) is 0 Å². The molecule has 118 valence electrons. The van der Waals surface area contributed by atoms with Gasteiger partial charge in [0.05, 0.1) is 5.69 Å². The van der Waals surface area contributed by atoms with Gasteiger partial charge >= 0.3 is 0 Å².